The van der Waals surface area contributed by atoms with Gasteiger partial charge >= 0.3 is 5.97 Å². The molecule has 1 heterocycles. The fraction of sp³-hybridized carbons (Fsp3) is 0.0455. The van der Waals surface area contributed by atoms with Crippen molar-refractivity contribution in [1.82, 2.24) is 0 Å². The van der Waals surface area contributed by atoms with Crippen molar-refractivity contribution in [1.29, 1.82) is 0 Å². The first-order chi connectivity index (χ1) is 15.2. The summed E-state index contributed by atoms with van der Waals surface area (Å²) in [6.07, 6.45) is 0. The second-order valence-electron chi connectivity index (χ2n) is 6.57. The Kier molecular flexibility index (Phi) is 6.05. The molecule has 0 radical (unpaired) electrons. The van der Waals surface area contributed by atoms with Crippen LogP contribution in [0, 0.1) is 0 Å². The van der Waals surface area contributed by atoms with E-state index in [0.717, 1.165) is 4.90 Å². The molecule has 1 aliphatic heterocycles. The van der Waals surface area contributed by atoms with E-state index in [1.165, 1.54) is 37.4 Å². The van der Waals surface area contributed by atoms with Crippen LogP contribution in [-0.4, -0.2) is 24.9 Å². The first-order valence-electron chi connectivity index (χ1n) is 8.95. The molecule has 0 aromatic heterocycles. The lowest BCUT2D eigenvalue weighted by atomic mass is 10.1. The molecular weight excluding hydrogens is 500 g/mol. The molecule has 10 heteroatoms. The van der Waals surface area contributed by atoms with Crippen LogP contribution < -0.4 is 14.4 Å². The number of imide groups is 1. The second kappa shape index (κ2) is 8.64. The molecule has 0 fully saturated rings. The van der Waals surface area contributed by atoms with Crippen LogP contribution in [0.2, 0.25) is 20.1 Å². The van der Waals surface area contributed by atoms with E-state index in [1.807, 2.05) is 0 Å². The van der Waals surface area contributed by atoms with Gasteiger partial charge in [0.25, 0.3) is 11.8 Å². The van der Waals surface area contributed by atoms with Gasteiger partial charge in [-0.05, 0) is 30.3 Å². The minimum absolute atomic E-state index is 0.111. The quantitative estimate of drug-likeness (QED) is 0.135. The fourth-order valence-electron chi connectivity index (χ4n) is 3.19. The molecule has 162 valence electrons. The Morgan fingerprint density at radius 1 is 0.781 bits per heavy atom. The van der Waals surface area contributed by atoms with Crippen LogP contribution in [0.5, 0.6) is 11.5 Å². The average Bonchev–Trinajstić information content (AvgIpc) is 3.06. The van der Waals surface area contributed by atoms with E-state index < -0.39 is 17.8 Å². The Balaban J connectivity index is 1.67. The summed E-state index contributed by atoms with van der Waals surface area (Å²) >= 11 is 24.4. The second-order valence-corrected chi connectivity index (χ2v) is 8.08. The first-order valence-corrected chi connectivity index (χ1v) is 10.5. The Bertz CT molecular complexity index is 1260. The van der Waals surface area contributed by atoms with Crippen LogP contribution in [0.3, 0.4) is 0 Å². The predicted octanol–water partition coefficient (Wildman–Crippen LogP) is 6.33. The molecule has 0 aliphatic carbocycles. The molecule has 2 amide bonds. The van der Waals surface area contributed by atoms with Crippen LogP contribution in [0.25, 0.3) is 0 Å². The highest BCUT2D eigenvalue weighted by Crippen LogP contribution is 2.45. The Morgan fingerprint density at radius 3 is 1.94 bits per heavy atom. The third-order valence-corrected chi connectivity index (χ3v) is 6.49. The molecule has 1 aliphatic rings. The number of carbonyl (C=O) groups excluding carboxylic acids is 3. The lowest BCUT2D eigenvalue weighted by Gasteiger charge is -2.15. The zero-order valence-corrected chi connectivity index (χ0v) is 19.1. The van der Waals surface area contributed by atoms with E-state index in [9.17, 15) is 14.4 Å². The molecule has 0 N–H and O–H groups in total. The molecule has 0 spiro atoms. The summed E-state index contributed by atoms with van der Waals surface area (Å²) in [5, 5.41) is -0.586. The largest absolute Gasteiger partial charge is 0.497 e. The van der Waals surface area contributed by atoms with Crippen molar-refractivity contribution in [2.24, 2.45) is 0 Å². The lowest BCUT2D eigenvalue weighted by Crippen LogP contribution is -2.29. The minimum Gasteiger partial charge on any atom is -0.497 e. The van der Waals surface area contributed by atoms with E-state index in [0.29, 0.717) is 5.75 Å². The summed E-state index contributed by atoms with van der Waals surface area (Å²) in [6, 6.07) is 12.3. The van der Waals surface area contributed by atoms with Crippen LogP contribution >= 0.6 is 46.4 Å². The summed E-state index contributed by atoms with van der Waals surface area (Å²) < 4.78 is 10.5. The summed E-state index contributed by atoms with van der Waals surface area (Å²) in [4.78, 5) is 39.4. The Morgan fingerprint density at radius 2 is 1.34 bits per heavy atom. The number of methoxy groups -OCH3 is 1. The van der Waals surface area contributed by atoms with Crippen molar-refractivity contribution < 1.29 is 23.9 Å². The topological polar surface area (TPSA) is 72.9 Å². The normalized spacial score (nSPS) is 12.7. The van der Waals surface area contributed by atoms with E-state index in [4.69, 9.17) is 55.9 Å². The van der Waals surface area contributed by atoms with Gasteiger partial charge < -0.3 is 9.47 Å². The van der Waals surface area contributed by atoms with Gasteiger partial charge in [0, 0.05) is 6.07 Å². The number of esters is 1. The molecular formula is C22H11Cl4NO5. The van der Waals surface area contributed by atoms with Crippen LogP contribution in [0.15, 0.2) is 48.5 Å². The van der Waals surface area contributed by atoms with E-state index in [2.05, 4.69) is 0 Å². The number of fused-ring (bicyclic) bond motifs is 1. The van der Waals surface area contributed by atoms with Crippen LogP contribution in [0.4, 0.5) is 5.69 Å². The summed E-state index contributed by atoms with van der Waals surface area (Å²) in [5.41, 5.74) is 0.120. The van der Waals surface area contributed by atoms with E-state index in [-0.39, 0.29) is 48.2 Å². The predicted molar refractivity (Wildman–Crippen MR) is 122 cm³/mol. The van der Waals surface area contributed by atoms with Gasteiger partial charge in [0.1, 0.15) is 11.5 Å². The minimum atomic E-state index is -0.730. The highest BCUT2D eigenvalue weighted by atomic mass is 35.5. The molecule has 0 atom stereocenters. The van der Waals surface area contributed by atoms with E-state index in [1.54, 1.807) is 18.2 Å². The molecule has 0 saturated heterocycles. The number of nitrogens with zero attached hydrogens (tertiary/aromatic N) is 1. The maximum absolute atomic E-state index is 13.0. The van der Waals surface area contributed by atoms with Crippen molar-refractivity contribution >= 4 is 69.9 Å². The Hall–Kier alpha value is -2.77. The van der Waals surface area contributed by atoms with Gasteiger partial charge in [0.2, 0.25) is 0 Å². The number of halogens is 4. The van der Waals surface area contributed by atoms with Crippen LogP contribution in [0.1, 0.15) is 31.1 Å². The summed E-state index contributed by atoms with van der Waals surface area (Å²) in [6.45, 7) is 0. The number of carbonyl (C=O) groups is 3. The number of anilines is 1. The third kappa shape index (κ3) is 3.69. The molecule has 0 bridgehead atoms. The standard InChI is InChI=1S/C22H11Cl4NO5/c1-31-12-6-2-4-10(8-12)22(30)32-13-7-3-5-11(9-13)27-20(28)14-15(21(27)29)17(24)19(26)18(25)16(14)23/h2-9H,1H3. The number of benzene rings is 3. The van der Waals surface area contributed by atoms with Crippen molar-refractivity contribution in [3.05, 3.63) is 85.3 Å². The molecule has 6 nitrogen and oxygen atoms in total. The van der Waals surface area contributed by atoms with Gasteiger partial charge in [-0.2, -0.15) is 0 Å². The summed E-state index contributed by atoms with van der Waals surface area (Å²) in [5.74, 6) is -1.50. The Labute approximate surface area is 202 Å². The zero-order valence-electron chi connectivity index (χ0n) is 16.1. The maximum Gasteiger partial charge on any atom is 0.343 e. The highest BCUT2D eigenvalue weighted by Gasteiger charge is 2.42. The summed E-state index contributed by atoms with van der Waals surface area (Å²) in [7, 11) is 1.48. The molecule has 0 saturated carbocycles. The smallest absolute Gasteiger partial charge is 0.343 e. The lowest BCUT2D eigenvalue weighted by molar-refractivity contribution is 0.0734. The SMILES string of the molecule is COc1cccc(C(=O)Oc2cccc(N3C(=O)c4c(Cl)c(Cl)c(Cl)c(Cl)c4C3=O)c2)c1. The van der Waals surface area contributed by atoms with Crippen LogP contribution in [-0.2, 0) is 0 Å². The van der Waals surface area contributed by atoms with Gasteiger partial charge in [-0.15, -0.1) is 0 Å². The highest BCUT2D eigenvalue weighted by molar-refractivity contribution is 6.56. The van der Waals surface area contributed by atoms with Gasteiger partial charge in [-0.25, -0.2) is 9.69 Å². The monoisotopic (exact) mass is 509 g/mol. The van der Waals surface area contributed by atoms with Crippen molar-refractivity contribution in [3.8, 4) is 11.5 Å². The van der Waals surface area contributed by atoms with Crippen molar-refractivity contribution in [2.75, 3.05) is 12.0 Å². The zero-order chi connectivity index (χ0) is 23.2. The average molecular weight is 511 g/mol. The van der Waals surface area contributed by atoms with Gasteiger partial charge in [0.15, 0.2) is 0 Å². The fourth-order valence-corrected chi connectivity index (χ4v) is 4.20. The number of hydrogen-bond acceptors (Lipinski definition) is 5. The third-order valence-electron chi connectivity index (χ3n) is 4.69. The number of hydrogen-bond donors (Lipinski definition) is 0. The molecule has 0 unspecified atom stereocenters. The molecule has 32 heavy (non-hydrogen) atoms. The van der Waals surface area contributed by atoms with Gasteiger partial charge in [0.05, 0.1) is 49.6 Å². The van der Waals surface area contributed by atoms with Crippen molar-refractivity contribution in [2.45, 2.75) is 0 Å². The maximum atomic E-state index is 13.0. The molecule has 3 aromatic carbocycles. The molecule has 3 aromatic rings. The van der Waals surface area contributed by atoms with Crippen molar-refractivity contribution in [3.63, 3.8) is 0 Å². The molecule has 4 rings (SSSR count). The van der Waals surface area contributed by atoms with Gasteiger partial charge in [-0.3, -0.25) is 9.59 Å². The first kappa shape index (κ1) is 22.4. The number of amides is 2. The van der Waals surface area contributed by atoms with E-state index >= 15 is 0 Å². The number of ether oxygens (including phenoxy) is 2. The number of rotatable bonds is 4. The van der Waals surface area contributed by atoms with Gasteiger partial charge in [-0.1, -0.05) is 58.5 Å².